The Hall–Kier alpha value is -2.22. The highest BCUT2D eigenvalue weighted by Gasteiger charge is 2.27. The monoisotopic (exact) mass is 364 g/mol. The third kappa shape index (κ3) is 4.88. The van der Waals surface area contributed by atoms with Gasteiger partial charge >= 0.3 is 0 Å². The maximum absolute atomic E-state index is 12.2. The number of hydrogen-bond donors (Lipinski definition) is 3. The van der Waals surface area contributed by atoms with E-state index < -0.39 is 10.8 Å². The average molecular weight is 364 g/mol. The first-order valence-corrected chi connectivity index (χ1v) is 8.82. The number of carbonyl (C=O) groups is 1. The number of rotatable bonds is 3. The molecule has 1 aromatic carbocycles. The summed E-state index contributed by atoms with van der Waals surface area (Å²) in [5.41, 5.74) is 5.99. The Morgan fingerprint density at radius 3 is 2.64 bits per heavy atom. The Bertz CT molecular complexity index is 680. The van der Waals surface area contributed by atoms with Gasteiger partial charge in [0.25, 0.3) is 11.6 Å². The number of nitro benzene ring substituents is 1. The zero-order valence-corrected chi connectivity index (χ0v) is 15.5. The number of hydrazine groups is 1. The molecule has 0 spiro atoms. The molecule has 1 aromatic rings. The number of aryl methyl sites for hydroxylation is 1. The zero-order valence-electron chi connectivity index (χ0n) is 14.7. The summed E-state index contributed by atoms with van der Waals surface area (Å²) >= 11 is 5.25. The van der Waals surface area contributed by atoms with Gasteiger partial charge in [0.1, 0.15) is 0 Å². The van der Waals surface area contributed by atoms with Crippen molar-refractivity contribution in [2.45, 2.75) is 46.1 Å². The van der Waals surface area contributed by atoms with Gasteiger partial charge in [0.2, 0.25) is 0 Å². The van der Waals surface area contributed by atoms with Gasteiger partial charge in [-0.1, -0.05) is 26.7 Å². The van der Waals surface area contributed by atoms with Crippen molar-refractivity contribution in [3.63, 3.8) is 0 Å². The van der Waals surface area contributed by atoms with E-state index in [1.54, 1.807) is 6.92 Å². The molecule has 3 atom stereocenters. The molecule has 0 bridgehead atoms. The molecule has 1 amide bonds. The Morgan fingerprint density at radius 2 is 2.00 bits per heavy atom. The molecule has 8 heteroatoms. The van der Waals surface area contributed by atoms with Gasteiger partial charge < -0.3 is 5.32 Å². The minimum atomic E-state index is -0.472. The van der Waals surface area contributed by atoms with E-state index in [1.165, 1.54) is 31.0 Å². The molecule has 0 saturated heterocycles. The van der Waals surface area contributed by atoms with Crippen molar-refractivity contribution in [2.75, 3.05) is 0 Å². The average Bonchev–Trinajstić information content (AvgIpc) is 2.56. The van der Waals surface area contributed by atoms with E-state index in [-0.39, 0.29) is 5.69 Å². The fourth-order valence-corrected chi connectivity index (χ4v) is 3.38. The Balaban J connectivity index is 1.88. The lowest BCUT2D eigenvalue weighted by atomic mass is 9.78. The summed E-state index contributed by atoms with van der Waals surface area (Å²) in [4.78, 5) is 22.5. The molecule has 25 heavy (non-hydrogen) atoms. The van der Waals surface area contributed by atoms with Crippen molar-refractivity contribution in [2.24, 2.45) is 11.8 Å². The van der Waals surface area contributed by atoms with Crippen molar-refractivity contribution in [3.8, 4) is 0 Å². The highest BCUT2D eigenvalue weighted by molar-refractivity contribution is 7.80. The smallest absolute Gasteiger partial charge is 0.272 e. The molecular weight excluding hydrogens is 340 g/mol. The predicted molar refractivity (Wildman–Crippen MR) is 100 cm³/mol. The highest BCUT2D eigenvalue weighted by Crippen LogP contribution is 2.29. The lowest BCUT2D eigenvalue weighted by Crippen LogP contribution is -2.52. The highest BCUT2D eigenvalue weighted by atomic mass is 32.1. The van der Waals surface area contributed by atoms with Crippen LogP contribution in [0.1, 0.15) is 49.0 Å². The van der Waals surface area contributed by atoms with Crippen LogP contribution >= 0.6 is 12.2 Å². The van der Waals surface area contributed by atoms with Crippen molar-refractivity contribution in [1.29, 1.82) is 0 Å². The van der Waals surface area contributed by atoms with E-state index >= 15 is 0 Å². The van der Waals surface area contributed by atoms with Crippen LogP contribution in [0.5, 0.6) is 0 Å². The standard InChI is InChI=1S/C17H24N4O3S/c1-10-5-4-6-14(12(10)3)18-17(25)20-19-16(22)13-7-8-15(21(23)24)11(2)9-13/h7-10,12,14H,4-6H2,1-3H3,(H,19,22)(H2,18,20,25)/t10-,12+,14-/m1/s1. The van der Waals surface area contributed by atoms with Crippen LogP contribution in [-0.4, -0.2) is 22.0 Å². The molecule has 1 fully saturated rings. The Morgan fingerprint density at radius 1 is 1.28 bits per heavy atom. The number of benzene rings is 1. The van der Waals surface area contributed by atoms with Gasteiger partial charge in [-0.2, -0.15) is 0 Å². The van der Waals surface area contributed by atoms with Crippen LogP contribution < -0.4 is 16.2 Å². The number of nitro groups is 1. The summed E-state index contributed by atoms with van der Waals surface area (Å²) in [5, 5.41) is 14.5. The molecule has 2 rings (SSSR count). The normalized spacial score (nSPS) is 22.8. The van der Waals surface area contributed by atoms with Gasteiger partial charge in [-0.05, 0) is 49.5 Å². The fraction of sp³-hybridized carbons (Fsp3) is 0.529. The Labute approximate surface area is 152 Å². The number of nitrogens with zero attached hydrogens (tertiary/aromatic N) is 1. The molecule has 0 aromatic heterocycles. The fourth-order valence-electron chi connectivity index (χ4n) is 3.18. The third-order valence-electron chi connectivity index (χ3n) is 4.97. The maximum Gasteiger partial charge on any atom is 0.272 e. The van der Waals surface area contributed by atoms with Crippen LogP contribution in [0.25, 0.3) is 0 Å². The van der Waals surface area contributed by atoms with E-state index in [1.807, 2.05) is 0 Å². The van der Waals surface area contributed by atoms with Crippen LogP contribution in [0.3, 0.4) is 0 Å². The summed E-state index contributed by atoms with van der Waals surface area (Å²) in [6, 6.07) is 4.52. The summed E-state index contributed by atoms with van der Waals surface area (Å²) in [6.07, 6.45) is 3.46. The van der Waals surface area contributed by atoms with E-state index in [0.29, 0.717) is 34.1 Å². The summed E-state index contributed by atoms with van der Waals surface area (Å²) in [6.45, 7) is 6.05. The second-order valence-electron chi connectivity index (χ2n) is 6.68. The second-order valence-corrected chi connectivity index (χ2v) is 7.09. The molecule has 136 valence electrons. The molecule has 1 aliphatic rings. The van der Waals surface area contributed by atoms with Crippen LogP contribution in [0, 0.1) is 28.9 Å². The quantitative estimate of drug-likeness (QED) is 0.434. The van der Waals surface area contributed by atoms with Crippen LogP contribution in [0.15, 0.2) is 18.2 Å². The second kappa shape index (κ2) is 8.24. The first kappa shape index (κ1) is 19.1. The molecule has 0 heterocycles. The first-order valence-electron chi connectivity index (χ1n) is 8.41. The molecule has 0 unspecified atom stereocenters. The molecule has 0 radical (unpaired) electrons. The molecule has 7 nitrogen and oxygen atoms in total. The van der Waals surface area contributed by atoms with Gasteiger partial charge in [-0.15, -0.1) is 0 Å². The lowest BCUT2D eigenvalue weighted by Gasteiger charge is -2.35. The van der Waals surface area contributed by atoms with Crippen molar-refractivity contribution < 1.29 is 9.72 Å². The summed E-state index contributed by atoms with van der Waals surface area (Å²) < 4.78 is 0. The molecular formula is C17H24N4O3S. The van der Waals surface area contributed by atoms with Gasteiger partial charge in [-0.3, -0.25) is 25.8 Å². The minimum absolute atomic E-state index is 0.0119. The predicted octanol–water partition coefficient (Wildman–Crippen LogP) is 2.84. The largest absolute Gasteiger partial charge is 0.358 e. The summed E-state index contributed by atoms with van der Waals surface area (Å²) in [7, 11) is 0. The van der Waals surface area contributed by atoms with E-state index in [0.717, 1.165) is 6.42 Å². The number of hydrogen-bond acceptors (Lipinski definition) is 4. The lowest BCUT2D eigenvalue weighted by molar-refractivity contribution is -0.385. The van der Waals surface area contributed by atoms with Crippen LogP contribution in [0.2, 0.25) is 0 Å². The van der Waals surface area contributed by atoms with E-state index in [4.69, 9.17) is 12.2 Å². The van der Waals surface area contributed by atoms with Gasteiger partial charge in [0.05, 0.1) is 4.92 Å². The number of amides is 1. The number of thiocarbonyl (C=S) groups is 1. The van der Waals surface area contributed by atoms with Crippen molar-refractivity contribution in [1.82, 2.24) is 16.2 Å². The van der Waals surface area contributed by atoms with Crippen molar-refractivity contribution in [3.05, 3.63) is 39.4 Å². The minimum Gasteiger partial charge on any atom is -0.358 e. The van der Waals surface area contributed by atoms with Gasteiger partial charge in [0.15, 0.2) is 5.11 Å². The maximum atomic E-state index is 12.2. The van der Waals surface area contributed by atoms with Crippen LogP contribution in [-0.2, 0) is 0 Å². The first-order chi connectivity index (χ1) is 11.8. The SMILES string of the molecule is Cc1cc(C(=O)NNC(=S)N[C@@H]2CCC[C@@H](C)[C@@H]2C)ccc1[N+](=O)[O-]. The number of nitrogens with one attached hydrogen (secondary N) is 3. The van der Waals surface area contributed by atoms with Gasteiger partial charge in [-0.25, -0.2) is 0 Å². The van der Waals surface area contributed by atoms with E-state index in [9.17, 15) is 14.9 Å². The molecule has 0 aliphatic heterocycles. The summed E-state index contributed by atoms with van der Waals surface area (Å²) in [5.74, 6) is 0.764. The van der Waals surface area contributed by atoms with E-state index in [2.05, 4.69) is 30.0 Å². The Kier molecular flexibility index (Phi) is 6.30. The van der Waals surface area contributed by atoms with Gasteiger partial charge in [0, 0.05) is 23.2 Å². The molecule has 1 saturated carbocycles. The number of carbonyl (C=O) groups excluding carboxylic acids is 1. The van der Waals surface area contributed by atoms with Crippen LogP contribution in [0.4, 0.5) is 5.69 Å². The third-order valence-corrected chi connectivity index (χ3v) is 5.19. The topological polar surface area (TPSA) is 96.3 Å². The van der Waals surface area contributed by atoms with Crippen molar-refractivity contribution >= 4 is 28.9 Å². The zero-order chi connectivity index (χ0) is 18.6. The molecule has 3 N–H and O–H groups in total. The molecule has 1 aliphatic carbocycles.